The van der Waals surface area contributed by atoms with Gasteiger partial charge in [0.25, 0.3) is 5.91 Å². The highest BCUT2D eigenvalue weighted by atomic mass is 16.4. The van der Waals surface area contributed by atoms with Gasteiger partial charge in [-0.05, 0) is 43.5 Å². The predicted molar refractivity (Wildman–Crippen MR) is 80.7 cm³/mol. The molecule has 1 saturated carbocycles. The maximum absolute atomic E-state index is 12.2. The van der Waals surface area contributed by atoms with E-state index in [-0.39, 0.29) is 17.9 Å². The summed E-state index contributed by atoms with van der Waals surface area (Å²) >= 11 is 0. The van der Waals surface area contributed by atoms with Crippen LogP contribution in [0.5, 0.6) is 0 Å². The first kappa shape index (κ1) is 15.2. The number of aryl methyl sites for hydroxylation is 1. The summed E-state index contributed by atoms with van der Waals surface area (Å²) in [6, 6.07) is 6.79. The molecule has 2 aromatic rings. The van der Waals surface area contributed by atoms with Crippen LogP contribution in [0, 0.1) is 12.8 Å². The number of carbonyl (C=O) groups excluding carboxylic acids is 1. The van der Waals surface area contributed by atoms with Gasteiger partial charge in [0.2, 0.25) is 11.8 Å². The van der Waals surface area contributed by atoms with Crippen LogP contribution < -0.4 is 5.32 Å². The maximum atomic E-state index is 12.2. The van der Waals surface area contributed by atoms with Crippen LogP contribution in [0.2, 0.25) is 0 Å². The molecule has 1 aromatic heterocycles. The Kier molecular flexibility index (Phi) is 4.10. The lowest BCUT2D eigenvalue weighted by molar-refractivity contribution is -0.141. The van der Waals surface area contributed by atoms with E-state index in [0.29, 0.717) is 36.6 Å². The Labute approximate surface area is 132 Å². The van der Waals surface area contributed by atoms with E-state index in [0.717, 1.165) is 5.56 Å². The topological polar surface area (TPSA) is 105 Å². The molecule has 1 aliphatic rings. The highest BCUT2D eigenvalue weighted by molar-refractivity contribution is 5.94. The van der Waals surface area contributed by atoms with Gasteiger partial charge in [0, 0.05) is 24.1 Å². The monoisotopic (exact) mass is 315 g/mol. The number of aromatic nitrogens is 2. The van der Waals surface area contributed by atoms with Crippen molar-refractivity contribution in [2.75, 3.05) is 0 Å². The molecule has 1 aromatic carbocycles. The lowest BCUT2D eigenvalue weighted by Gasteiger charge is -2.12. The summed E-state index contributed by atoms with van der Waals surface area (Å²) in [5, 5.41) is 19.6. The van der Waals surface area contributed by atoms with Crippen LogP contribution in [0.3, 0.4) is 0 Å². The minimum Gasteiger partial charge on any atom is -0.481 e. The number of hydrogen-bond acceptors (Lipinski definition) is 5. The van der Waals surface area contributed by atoms with Crippen molar-refractivity contribution in [3.05, 3.63) is 35.7 Å². The van der Waals surface area contributed by atoms with E-state index >= 15 is 0 Å². The molecule has 7 nitrogen and oxygen atoms in total. The molecule has 1 heterocycles. The van der Waals surface area contributed by atoms with E-state index in [1.165, 1.54) is 0 Å². The van der Waals surface area contributed by atoms with Crippen molar-refractivity contribution >= 4 is 11.9 Å². The van der Waals surface area contributed by atoms with Gasteiger partial charge in [-0.15, -0.1) is 10.2 Å². The molecule has 120 valence electrons. The molecule has 0 bridgehead atoms. The number of rotatable bonds is 4. The third-order valence-corrected chi connectivity index (χ3v) is 4.04. The van der Waals surface area contributed by atoms with Gasteiger partial charge in [-0.25, -0.2) is 0 Å². The van der Waals surface area contributed by atoms with Crippen LogP contribution in [-0.4, -0.2) is 33.2 Å². The average molecular weight is 315 g/mol. The Morgan fingerprint density at radius 1 is 1.22 bits per heavy atom. The van der Waals surface area contributed by atoms with Gasteiger partial charge in [-0.2, -0.15) is 0 Å². The molecule has 1 aliphatic carbocycles. The summed E-state index contributed by atoms with van der Waals surface area (Å²) in [4.78, 5) is 23.2. The summed E-state index contributed by atoms with van der Waals surface area (Å²) < 4.78 is 5.33. The summed E-state index contributed by atoms with van der Waals surface area (Å²) in [5.74, 6) is -0.454. The van der Waals surface area contributed by atoms with E-state index in [2.05, 4.69) is 15.5 Å². The van der Waals surface area contributed by atoms with Crippen LogP contribution in [0.15, 0.2) is 28.7 Å². The van der Waals surface area contributed by atoms with Crippen molar-refractivity contribution in [1.82, 2.24) is 15.5 Å². The zero-order valence-corrected chi connectivity index (χ0v) is 12.7. The molecule has 3 rings (SSSR count). The number of nitrogens with one attached hydrogen (secondary N) is 1. The van der Waals surface area contributed by atoms with Crippen LogP contribution >= 0.6 is 0 Å². The fourth-order valence-electron chi connectivity index (χ4n) is 2.78. The molecular formula is C16H17N3O4. The number of benzene rings is 1. The fraction of sp³-hybridized carbons (Fsp3) is 0.375. The van der Waals surface area contributed by atoms with Gasteiger partial charge in [-0.1, -0.05) is 0 Å². The molecule has 0 radical (unpaired) electrons. The van der Waals surface area contributed by atoms with Crippen LogP contribution in [0.4, 0.5) is 0 Å². The van der Waals surface area contributed by atoms with Crippen LogP contribution in [0.25, 0.3) is 11.5 Å². The van der Waals surface area contributed by atoms with E-state index in [1.54, 1.807) is 31.2 Å². The fourth-order valence-corrected chi connectivity index (χ4v) is 2.78. The number of carboxylic acid groups (broad SMARTS) is 1. The van der Waals surface area contributed by atoms with Gasteiger partial charge in [-0.3, -0.25) is 9.59 Å². The van der Waals surface area contributed by atoms with Crippen molar-refractivity contribution in [3.8, 4) is 11.5 Å². The molecular weight excluding hydrogens is 298 g/mol. The zero-order chi connectivity index (χ0) is 16.4. The van der Waals surface area contributed by atoms with E-state index < -0.39 is 5.97 Å². The van der Waals surface area contributed by atoms with Crippen molar-refractivity contribution in [1.29, 1.82) is 0 Å². The lowest BCUT2D eigenvalue weighted by atomic mass is 10.1. The molecule has 0 unspecified atom stereocenters. The molecule has 0 saturated heterocycles. The minimum atomic E-state index is -0.791. The Balaban J connectivity index is 1.63. The quantitative estimate of drug-likeness (QED) is 0.894. The predicted octanol–water partition coefficient (Wildman–Crippen LogP) is 2.03. The number of nitrogens with zero attached hydrogens (tertiary/aromatic N) is 2. The van der Waals surface area contributed by atoms with Gasteiger partial charge in [0.1, 0.15) is 0 Å². The van der Waals surface area contributed by atoms with E-state index in [4.69, 9.17) is 9.52 Å². The van der Waals surface area contributed by atoms with Crippen molar-refractivity contribution in [2.45, 2.75) is 32.2 Å². The largest absolute Gasteiger partial charge is 0.481 e. The molecule has 2 atom stereocenters. The number of hydrogen-bond donors (Lipinski definition) is 2. The van der Waals surface area contributed by atoms with Gasteiger partial charge < -0.3 is 14.8 Å². The highest BCUT2D eigenvalue weighted by Gasteiger charge is 2.30. The number of amides is 1. The molecule has 7 heteroatoms. The molecule has 1 amide bonds. The lowest BCUT2D eigenvalue weighted by Crippen LogP contribution is -2.33. The van der Waals surface area contributed by atoms with E-state index in [9.17, 15) is 9.59 Å². The molecule has 2 N–H and O–H groups in total. The summed E-state index contributed by atoms with van der Waals surface area (Å²) in [7, 11) is 0. The second-order valence-corrected chi connectivity index (χ2v) is 5.72. The van der Waals surface area contributed by atoms with Gasteiger partial charge >= 0.3 is 5.97 Å². The molecule has 23 heavy (non-hydrogen) atoms. The Morgan fingerprint density at radius 3 is 2.52 bits per heavy atom. The van der Waals surface area contributed by atoms with Crippen molar-refractivity contribution < 1.29 is 19.1 Å². The standard InChI is InChI=1S/C16H17N3O4/c1-9-18-19-15(23-9)11-4-2-10(3-5-11)14(20)17-13-7-6-12(8-13)16(21)22/h2-5,12-13H,6-8H2,1H3,(H,17,20)(H,21,22)/t12-,13+/m1/s1. The van der Waals surface area contributed by atoms with E-state index in [1.807, 2.05) is 0 Å². The second-order valence-electron chi connectivity index (χ2n) is 5.72. The van der Waals surface area contributed by atoms with Gasteiger partial charge in [0.05, 0.1) is 5.92 Å². The van der Waals surface area contributed by atoms with Crippen LogP contribution in [0.1, 0.15) is 35.5 Å². The average Bonchev–Trinajstić information content (AvgIpc) is 3.16. The first-order valence-corrected chi connectivity index (χ1v) is 7.47. The van der Waals surface area contributed by atoms with Crippen LogP contribution in [-0.2, 0) is 4.79 Å². The normalized spacial score (nSPS) is 20.4. The Hall–Kier alpha value is -2.70. The SMILES string of the molecule is Cc1nnc(-c2ccc(C(=O)N[C@H]3CC[C@@H](C(=O)O)C3)cc2)o1. The minimum absolute atomic E-state index is 0.0816. The van der Waals surface area contributed by atoms with Gasteiger partial charge in [0.15, 0.2) is 0 Å². The summed E-state index contributed by atoms with van der Waals surface area (Å²) in [6.07, 6.45) is 1.79. The van der Waals surface area contributed by atoms with Crippen molar-refractivity contribution in [3.63, 3.8) is 0 Å². The number of carboxylic acids is 1. The number of aliphatic carboxylic acids is 1. The van der Waals surface area contributed by atoms with Crippen molar-refractivity contribution in [2.24, 2.45) is 5.92 Å². The molecule has 0 aliphatic heterocycles. The third kappa shape index (κ3) is 3.39. The first-order valence-electron chi connectivity index (χ1n) is 7.47. The Bertz CT molecular complexity index is 723. The first-order chi connectivity index (χ1) is 11.0. The summed E-state index contributed by atoms with van der Waals surface area (Å²) in [5.41, 5.74) is 1.26. The summed E-state index contributed by atoms with van der Waals surface area (Å²) in [6.45, 7) is 1.71. The molecule has 1 fully saturated rings. The zero-order valence-electron chi connectivity index (χ0n) is 12.7. The maximum Gasteiger partial charge on any atom is 0.306 e. The molecule has 0 spiro atoms. The smallest absolute Gasteiger partial charge is 0.306 e. The second kappa shape index (κ2) is 6.20. The Morgan fingerprint density at radius 2 is 1.96 bits per heavy atom. The third-order valence-electron chi connectivity index (χ3n) is 4.04. The highest BCUT2D eigenvalue weighted by Crippen LogP contribution is 2.26. The number of carbonyl (C=O) groups is 2.